The molecule has 2 aliphatic heterocycles. The van der Waals surface area contributed by atoms with Gasteiger partial charge in [0.2, 0.25) is 10.0 Å². The summed E-state index contributed by atoms with van der Waals surface area (Å²) in [5.41, 5.74) is 0. The van der Waals surface area contributed by atoms with Crippen LogP contribution in [0.4, 0.5) is 4.39 Å². The minimum Gasteiger partial charge on any atom is -0.376 e. The molecular weight excluding hydrogens is 319 g/mol. The molecule has 0 saturated carbocycles. The van der Waals surface area contributed by atoms with Gasteiger partial charge in [0, 0.05) is 25.6 Å². The van der Waals surface area contributed by atoms with Crippen LogP contribution in [0, 0.1) is 17.7 Å². The van der Waals surface area contributed by atoms with Crippen LogP contribution in [-0.4, -0.2) is 64.1 Å². The molecule has 2 aliphatic rings. The molecule has 0 radical (unpaired) electrons. The summed E-state index contributed by atoms with van der Waals surface area (Å²) >= 11 is 0. The molecule has 128 valence electrons. The Labute approximate surface area is 137 Å². The van der Waals surface area contributed by atoms with Gasteiger partial charge in [-0.05, 0) is 50.7 Å². The van der Waals surface area contributed by atoms with Crippen LogP contribution in [0.1, 0.15) is 6.42 Å². The highest BCUT2D eigenvalue weighted by Gasteiger charge is 2.43. The third-order valence-electron chi connectivity index (χ3n) is 4.77. The van der Waals surface area contributed by atoms with Crippen LogP contribution < -0.4 is 0 Å². The average Bonchev–Trinajstić information content (AvgIpc) is 2.89. The summed E-state index contributed by atoms with van der Waals surface area (Å²) in [4.78, 5) is 2.22. The van der Waals surface area contributed by atoms with E-state index in [1.165, 1.54) is 28.6 Å². The second-order valence-corrected chi connectivity index (χ2v) is 8.60. The molecule has 1 aromatic carbocycles. The molecule has 3 rings (SSSR count). The van der Waals surface area contributed by atoms with E-state index in [4.69, 9.17) is 4.74 Å². The fourth-order valence-corrected chi connectivity index (χ4v) is 5.01. The van der Waals surface area contributed by atoms with Crippen molar-refractivity contribution in [2.45, 2.75) is 17.4 Å². The van der Waals surface area contributed by atoms with Crippen molar-refractivity contribution in [3.8, 4) is 0 Å². The summed E-state index contributed by atoms with van der Waals surface area (Å²) in [5.74, 6) is 0.221. The Balaban J connectivity index is 1.77. The smallest absolute Gasteiger partial charge is 0.243 e. The van der Waals surface area contributed by atoms with Crippen LogP contribution in [-0.2, 0) is 14.8 Å². The zero-order valence-electron chi connectivity index (χ0n) is 13.5. The first-order valence-corrected chi connectivity index (χ1v) is 9.34. The fourth-order valence-electron chi connectivity index (χ4n) is 3.52. The first-order valence-electron chi connectivity index (χ1n) is 7.90. The molecular formula is C16H23FN2O3S. The highest BCUT2D eigenvalue weighted by molar-refractivity contribution is 7.89. The van der Waals surface area contributed by atoms with Crippen LogP contribution in [0.2, 0.25) is 0 Å². The maximum atomic E-state index is 13.0. The molecule has 0 spiro atoms. The highest BCUT2D eigenvalue weighted by Crippen LogP contribution is 2.36. The third-order valence-corrected chi connectivity index (χ3v) is 6.65. The summed E-state index contributed by atoms with van der Waals surface area (Å²) in [6.45, 7) is 2.49. The van der Waals surface area contributed by atoms with Crippen LogP contribution >= 0.6 is 0 Å². The number of rotatable bonds is 4. The van der Waals surface area contributed by atoms with Crippen molar-refractivity contribution >= 4 is 10.0 Å². The Kier molecular flexibility index (Phi) is 4.73. The number of fused-ring (bicyclic) bond motifs is 1. The average molecular weight is 342 g/mol. The zero-order valence-corrected chi connectivity index (χ0v) is 14.3. The molecule has 1 aromatic rings. The van der Waals surface area contributed by atoms with Crippen molar-refractivity contribution < 1.29 is 17.5 Å². The first-order chi connectivity index (χ1) is 10.9. The zero-order chi connectivity index (χ0) is 16.6. The molecule has 0 N–H and O–H groups in total. The quantitative estimate of drug-likeness (QED) is 0.830. The van der Waals surface area contributed by atoms with Crippen molar-refractivity contribution in [3.63, 3.8) is 0 Å². The van der Waals surface area contributed by atoms with Gasteiger partial charge in [-0.25, -0.2) is 12.8 Å². The molecule has 0 unspecified atom stereocenters. The third kappa shape index (κ3) is 3.42. The normalized spacial score (nSPS) is 29.0. The lowest BCUT2D eigenvalue weighted by Gasteiger charge is -2.35. The van der Waals surface area contributed by atoms with Gasteiger partial charge in [-0.1, -0.05) is 0 Å². The summed E-state index contributed by atoms with van der Waals surface area (Å²) in [5, 5.41) is 0. The number of hydrogen-bond acceptors (Lipinski definition) is 4. The van der Waals surface area contributed by atoms with Crippen molar-refractivity contribution in [2.24, 2.45) is 11.8 Å². The minimum absolute atomic E-state index is 0.0706. The lowest BCUT2D eigenvalue weighted by molar-refractivity contribution is 0.0638. The number of ether oxygens (including phenoxy) is 1. The van der Waals surface area contributed by atoms with Gasteiger partial charge >= 0.3 is 0 Å². The van der Waals surface area contributed by atoms with E-state index in [1.54, 1.807) is 0 Å². The number of nitrogens with zero attached hydrogens (tertiary/aromatic N) is 2. The monoisotopic (exact) mass is 342 g/mol. The van der Waals surface area contributed by atoms with Gasteiger partial charge in [0.15, 0.2) is 0 Å². The molecule has 23 heavy (non-hydrogen) atoms. The van der Waals surface area contributed by atoms with E-state index < -0.39 is 15.8 Å². The van der Waals surface area contributed by atoms with E-state index in [2.05, 4.69) is 4.90 Å². The Morgan fingerprint density at radius 2 is 2.00 bits per heavy atom. The Bertz CT molecular complexity index is 648. The lowest BCUT2D eigenvalue weighted by atomic mass is 9.85. The second kappa shape index (κ2) is 6.47. The van der Waals surface area contributed by atoms with E-state index in [0.29, 0.717) is 25.6 Å². The molecule has 0 bridgehead atoms. The molecule has 7 heteroatoms. The van der Waals surface area contributed by atoms with Crippen LogP contribution in [0.25, 0.3) is 0 Å². The number of hydrogen-bond donors (Lipinski definition) is 0. The molecule has 2 fully saturated rings. The van der Waals surface area contributed by atoms with E-state index in [0.717, 1.165) is 13.0 Å². The fraction of sp³-hybridized carbons (Fsp3) is 0.625. The van der Waals surface area contributed by atoms with Crippen LogP contribution in [0.15, 0.2) is 29.2 Å². The lowest BCUT2D eigenvalue weighted by Crippen LogP contribution is -2.46. The van der Waals surface area contributed by atoms with Gasteiger partial charge in [-0.15, -0.1) is 0 Å². The van der Waals surface area contributed by atoms with E-state index >= 15 is 0 Å². The largest absolute Gasteiger partial charge is 0.376 e. The summed E-state index contributed by atoms with van der Waals surface area (Å²) in [6.07, 6.45) is 0.885. The van der Waals surface area contributed by atoms with Crippen molar-refractivity contribution in [1.29, 1.82) is 0 Å². The van der Waals surface area contributed by atoms with Gasteiger partial charge < -0.3 is 9.64 Å². The molecule has 2 heterocycles. The Morgan fingerprint density at radius 3 is 2.65 bits per heavy atom. The maximum Gasteiger partial charge on any atom is 0.243 e. The number of sulfonamides is 1. The van der Waals surface area contributed by atoms with Gasteiger partial charge in [0.1, 0.15) is 5.82 Å². The molecule has 0 aromatic heterocycles. The summed E-state index contributed by atoms with van der Waals surface area (Å²) in [6, 6.07) is 5.04. The van der Waals surface area contributed by atoms with E-state index in [-0.39, 0.29) is 16.9 Å². The standard InChI is InChI=1S/C16H23FN2O3S/c1-18(2)10-16-15-9-19(8-7-12(15)11-22-16)23(20,21)14-5-3-13(17)4-6-14/h3-6,12,15-16H,7-11H2,1-2H3/t12-,15-,16+/m0/s1. The van der Waals surface area contributed by atoms with Crippen molar-refractivity contribution in [2.75, 3.05) is 40.3 Å². The number of piperidine rings is 1. The van der Waals surface area contributed by atoms with Crippen LogP contribution in [0.5, 0.6) is 0 Å². The number of likely N-dealkylation sites (N-methyl/N-ethyl adjacent to an activating group) is 1. The highest BCUT2D eigenvalue weighted by atomic mass is 32.2. The first kappa shape index (κ1) is 16.8. The predicted octanol–water partition coefficient (Wildman–Crippen LogP) is 1.41. The van der Waals surface area contributed by atoms with Crippen LogP contribution in [0.3, 0.4) is 0 Å². The Hall–Kier alpha value is -1.02. The van der Waals surface area contributed by atoms with Gasteiger partial charge in [0.05, 0.1) is 17.6 Å². The molecule has 0 aliphatic carbocycles. The van der Waals surface area contributed by atoms with E-state index in [9.17, 15) is 12.8 Å². The maximum absolute atomic E-state index is 13.0. The number of benzene rings is 1. The van der Waals surface area contributed by atoms with Gasteiger partial charge in [-0.3, -0.25) is 0 Å². The second-order valence-electron chi connectivity index (χ2n) is 6.66. The predicted molar refractivity (Wildman–Crippen MR) is 85.0 cm³/mol. The van der Waals surface area contributed by atoms with Gasteiger partial charge in [0.25, 0.3) is 0 Å². The Morgan fingerprint density at radius 1 is 1.30 bits per heavy atom. The molecule has 0 amide bonds. The minimum atomic E-state index is -3.57. The van der Waals surface area contributed by atoms with E-state index in [1.807, 2.05) is 14.1 Å². The summed E-state index contributed by atoms with van der Waals surface area (Å²) < 4.78 is 46.0. The number of halogens is 1. The molecule has 3 atom stereocenters. The molecule has 5 nitrogen and oxygen atoms in total. The van der Waals surface area contributed by atoms with Gasteiger partial charge in [-0.2, -0.15) is 4.31 Å². The topological polar surface area (TPSA) is 49.9 Å². The molecule has 2 saturated heterocycles. The SMILES string of the molecule is CN(C)C[C@H]1OC[C@@H]2CCN(S(=O)(=O)c3ccc(F)cc3)C[C@@H]21. The van der Waals surface area contributed by atoms with Crippen molar-refractivity contribution in [3.05, 3.63) is 30.1 Å². The summed E-state index contributed by atoms with van der Waals surface area (Å²) in [7, 11) is 0.413. The van der Waals surface area contributed by atoms with Crippen molar-refractivity contribution in [1.82, 2.24) is 9.21 Å².